The fraction of sp³-hybridized carbons (Fsp3) is 1.00. The highest BCUT2D eigenvalue weighted by atomic mass is 16.3. The molecule has 1 rings (SSSR count). The Morgan fingerprint density at radius 1 is 1.20 bits per heavy atom. The Labute approximate surface area is 95.3 Å². The van der Waals surface area contributed by atoms with E-state index in [0.29, 0.717) is 5.92 Å². The van der Waals surface area contributed by atoms with Gasteiger partial charge in [0.25, 0.3) is 0 Å². The van der Waals surface area contributed by atoms with Crippen molar-refractivity contribution in [2.24, 2.45) is 17.8 Å². The predicted molar refractivity (Wildman–Crippen MR) is 65.8 cm³/mol. The first-order chi connectivity index (χ1) is 7.13. The van der Waals surface area contributed by atoms with E-state index in [1.807, 2.05) is 0 Å². The minimum atomic E-state index is -0.00291. The molecule has 1 fully saturated rings. The van der Waals surface area contributed by atoms with Gasteiger partial charge < -0.3 is 5.11 Å². The van der Waals surface area contributed by atoms with Crippen LogP contribution < -0.4 is 0 Å². The molecule has 0 aromatic carbocycles. The van der Waals surface area contributed by atoms with Gasteiger partial charge in [-0.1, -0.05) is 40.0 Å². The van der Waals surface area contributed by atoms with E-state index in [1.165, 1.54) is 38.5 Å². The largest absolute Gasteiger partial charge is 0.393 e. The van der Waals surface area contributed by atoms with Crippen molar-refractivity contribution in [3.63, 3.8) is 0 Å². The topological polar surface area (TPSA) is 20.2 Å². The minimum Gasteiger partial charge on any atom is -0.393 e. The van der Waals surface area contributed by atoms with Crippen molar-refractivity contribution in [3.8, 4) is 0 Å². The third kappa shape index (κ3) is 4.55. The van der Waals surface area contributed by atoms with Gasteiger partial charge in [-0.3, -0.25) is 0 Å². The maximum atomic E-state index is 9.97. The molecule has 0 aromatic heterocycles. The van der Waals surface area contributed by atoms with Crippen LogP contribution in [-0.2, 0) is 0 Å². The number of aliphatic hydroxyl groups excluding tert-OH is 1. The van der Waals surface area contributed by atoms with Crippen LogP contribution in [0.5, 0.6) is 0 Å². The van der Waals surface area contributed by atoms with E-state index in [-0.39, 0.29) is 6.10 Å². The summed E-state index contributed by atoms with van der Waals surface area (Å²) < 4.78 is 0. The van der Waals surface area contributed by atoms with E-state index in [4.69, 9.17) is 0 Å². The summed E-state index contributed by atoms with van der Waals surface area (Å²) in [6.45, 7) is 6.83. The summed E-state index contributed by atoms with van der Waals surface area (Å²) in [5.41, 5.74) is 0. The molecule has 0 saturated heterocycles. The highest BCUT2D eigenvalue weighted by molar-refractivity contribution is 4.79. The number of rotatable bonds is 5. The average molecular weight is 212 g/mol. The van der Waals surface area contributed by atoms with Gasteiger partial charge >= 0.3 is 0 Å². The van der Waals surface area contributed by atoms with Crippen LogP contribution in [0.25, 0.3) is 0 Å². The van der Waals surface area contributed by atoms with Gasteiger partial charge in [0.15, 0.2) is 0 Å². The van der Waals surface area contributed by atoms with Crippen molar-refractivity contribution in [2.75, 3.05) is 0 Å². The van der Waals surface area contributed by atoms with Gasteiger partial charge in [0, 0.05) is 0 Å². The maximum absolute atomic E-state index is 9.97. The van der Waals surface area contributed by atoms with E-state index in [1.54, 1.807) is 0 Å². The smallest absolute Gasteiger partial charge is 0.0568 e. The Hall–Kier alpha value is -0.0400. The van der Waals surface area contributed by atoms with Crippen LogP contribution in [0, 0.1) is 17.8 Å². The van der Waals surface area contributed by atoms with Gasteiger partial charge in [-0.25, -0.2) is 0 Å². The number of aliphatic hydroxyl groups is 1. The molecular formula is C14H28O. The van der Waals surface area contributed by atoms with E-state index in [2.05, 4.69) is 20.8 Å². The van der Waals surface area contributed by atoms with Crippen LogP contribution in [0.1, 0.15) is 65.7 Å². The van der Waals surface area contributed by atoms with Gasteiger partial charge in [0.1, 0.15) is 0 Å². The summed E-state index contributed by atoms with van der Waals surface area (Å²) in [6.07, 6.45) is 8.77. The van der Waals surface area contributed by atoms with Gasteiger partial charge in [0.2, 0.25) is 0 Å². The average Bonchev–Trinajstić information content (AvgIpc) is 2.19. The second-order valence-corrected chi connectivity index (χ2v) is 5.77. The van der Waals surface area contributed by atoms with Gasteiger partial charge in [0.05, 0.1) is 6.10 Å². The molecule has 1 aliphatic rings. The zero-order valence-electron chi connectivity index (χ0n) is 10.7. The van der Waals surface area contributed by atoms with E-state index in [9.17, 15) is 5.11 Å². The predicted octanol–water partition coefficient (Wildman–Crippen LogP) is 4.00. The Bertz CT molecular complexity index is 165. The molecule has 3 atom stereocenters. The zero-order valence-corrected chi connectivity index (χ0v) is 10.7. The highest BCUT2D eigenvalue weighted by Crippen LogP contribution is 2.35. The second kappa shape index (κ2) is 6.52. The van der Waals surface area contributed by atoms with Crippen LogP contribution >= 0.6 is 0 Å². The maximum Gasteiger partial charge on any atom is 0.0568 e. The van der Waals surface area contributed by atoms with Crippen LogP contribution in [-0.4, -0.2) is 11.2 Å². The molecule has 0 spiro atoms. The van der Waals surface area contributed by atoms with Crippen LogP contribution in [0.15, 0.2) is 0 Å². The Morgan fingerprint density at radius 2 is 1.93 bits per heavy atom. The third-order valence-electron chi connectivity index (χ3n) is 3.86. The molecule has 1 saturated carbocycles. The molecule has 0 radical (unpaired) electrons. The molecule has 15 heavy (non-hydrogen) atoms. The molecule has 90 valence electrons. The minimum absolute atomic E-state index is 0.00291. The summed E-state index contributed by atoms with van der Waals surface area (Å²) in [4.78, 5) is 0. The molecule has 3 unspecified atom stereocenters. The van der Waals surface area contributed by atoms with Crippen LogP contribution in [0.3, 0.4) is 0 Å². The third-order valence-corrected chi connectivity index (χ3v) is 3.86. The summed E-state index contributed by atoms with van der Waals surface area (Å²) in [6, 6.07) is 0. The molecule has 0 heterocycles. The lowest BCUT2D eigenvalue weighted by Gasteiger charge is -2.33. The van der Waals surface area contributed by atoms with Crippen molar-refractivity contribution in [2.45, 2.75) is 71.8 Å². The quantitative estimate of drug-likeness (QED) is 0.730. The van der Waals surface area contributed by atoms with Crippen molar-refractivity contribution >= 4 is 0 Å². The van der Waals surface area contributed by atoms with Crippen molar-refractivity contribution in [1.82, 2.24) is 0 Å². The lowest BCUT2D eigenvalue weighted by Crippen LogP contribution is -2.29. The molecule has 0 aliphatic heterocycles. The summed E-state index contributed by atoms with van der Waals surface area (Å²) >= 11 is 0. The van der Waals surface area contributed by atoms with Crippen molar-refractivity contribution in [1.29, 1.82) is 0 Å². The molecular weight excluding hydrogens is 184 g/mol. The van der Waals surface area contributed by atoms with Crippen molar-refractivity contribution in [3.05, 3.63) is 0 Å². The van der Waals surface area contributed by atoms with Gasteiger partial charge in [-0.05, 0) is 43.4 Å². The first-order valence-corrected chi connectivity index (χ1v) is 6.81. The van der Waals surface area contributed by atoms with Crippen LogP contribution in [0.2, 0.25) is 0 Å². The lowest BCUT2D eigenvalue weighted by molar-refractivity contribution is 0.0393. The van der Waals surface area contributed by atoms with E-state index in [0.717, 1.165) is 18.3 Å². The van der Waals surface area contributed by atoms with Crippen molar-refractivity contribution < 1.29 is 5.11 Å². The first-order valence-electron chi connectivity index (χ1n) is 6.81. The van der Waals surface area contributed by atoms with E-state index < -0.39 is 0 Å². The highest BCUT2D eigenvalue weighted by Gasteiger charge is 2.28. The SMILES string of the molecule is CCCC1CCC(O)C(CCC(C)C)C1. The number of hydrogen-bond donors (Lipinski definition) is 1. The first kappa shape index (κ1) is 13.0. The normalized spacial score (nSPS) is 32.2. The molecule has 0 amide bonds. The molecule has 0 aromatic rings. The van der Waals surface area contributed by atoms with Gasteiger partial charge in [-0.2, -0.15) is 0 Å². The molecule has 1 aliphatic carbocycles. The molecule has 1 heteroatoms. The fourth-order valence-electron chi connectivity index (χ4n) is 2.87. The standard InChI is InChI=1S/C14H28O/c1-4-5-12-7-9-14(15)13(10-12)8-6-11(2)3/h11-15H,4-10H2,1-3H3. The number of hydrogen-bond acceptors (Lipinski definition) is 1. The Balaban J connectivity index is 2.32. The van der Waals surface area contributed by atoms with Gasteiger partial charge in [-0.15, -0.1) is 0 Å². The summed E-state index contributed by atoms with van der Waals surface area (Å²) in [5, 5.41) is 9.97. The second-order valence-electron chi connectivity index (χ2n) is 5.77. The summed E-state index contributed by atoms with van der Waals surface area (Å²) in [7, 11) is 0. The molecule has 1 nitrogen and oxygen atoms in total. The Kier molecular flexibility index (Phi) is 5.66. The lowest BCUT2D eigenvalue weighted by atomic mass is 9.75. The zero-order chi connectivity index (χ0) is 11.3. The Morgan fingerprint density at radius 3 is 2.53 bits per heavy atom. The van der Waals surface area contributed by atoms with Crippen LogP contribution in [0.4, 0.5) is 0 Å². The summed E-state index contributed by atoms with van der Waals surface area (Å²) in [5.74, 6) is 2.28. The fourth-order valence-corrected chi connectivity index (χ4v) is 2.87. The monoisotopic (exact) mass is 212 g/mol. The molecule has 0 bridgehead atoms. The molecule has 1 N–H and O–H groups in total. The van der Waals surface area contributed by atoms with E-state index >= 15 is 0 Å².